The summed E-state index contributed by atoms with van der Waals surface area (Å²) in [5.74, 6) is 1.25. The van der Waals surface area contributed by atoms with Crippen molar-refractivity contribution in [1.29, 1.82) is 0 Å². The summed E-state index contributed by atoms with van der Waals surface area (Å²) in [6.45, 7) is 5.66. The van der Waals surface area contributed by atoms with Crippen molar-refractivity contribution >= 4 is 27.6 Å². The SMILES string of the molecule is CC[C@H]1c2c(OC)c(OC)c(C)c(OC)c2C(=O)C2[C@H]3c4c(O)c(OC)c(C)c(Br)c4C[C@@H](C(=O)N21)N3C. The lowest BCUT2D eigenvalue weighted by Gasteiger charge is -2.56. The Kier molecular flexibility index (Phi) is 6.54. The Hall–Kier alpha value is -2.98. The molecule has 3 aliphatic rings. The fourth-order valence-electron chi connectivity index (χ4n) is 6.88. The van der Waals surface area contributed by atoms with Crippen molar-refractivity contribution in [3.05, 3.63) is 37.9 Å². The van der Waals surface area contributed by atoms with Gasteiger partial charge in [0.1, 0.15) is 11.8 Å². The predicted octanol–water partition coefficient (Wildman–Crippen LogP) is 4.26. The van der Waals surface area contributed by atoms with Crippen molar-refractivity contribution in [2.45, 2.75) is 57.8 Å². The summed E-state index contributed by atoms with van der Waals surface area (Å²) < 4.78 is 23.7. The average Bonchev–Trinajstić information content (AvgIpc) is 2.90. The Bertz CT molecular complexity index is 1370. The highest BCUT2D eigenvalue weighted by atomic mass is 79.9. The van der Waals surface area contributed by atoms with E-state index in [1.165, 1.54) is 21.3 Å². The number of phenolic OH excluding ortho intramolecular Hbond substituents is 1. The molecular formula is C28H33BrN2O7. The number of rotatable bonds is 5. The van der Waals surface area contributed by atoms with Gasteiger partial charge in [-0.3, -0.25) is 14.5 Å². The van der Waals surface area contributed by atoms with Gasteiger partial charge < -0.3 is 29.0 Å². The van der Waals surface area contributed by atoms with Crippen LogP contribution in [0.3, 0.4) is 0 Å². The fourth-order valence-corrected chi connectivity index (χ4v) is 7.44. The molecule has 0 spiro atoms. The standard InChI is InChI=1S/C28H33BrN2O7/c1-9-14-17-18(24(35-5)12(3)26(37-7)27(17)38-8)22(32)21-20-16-13(10-15(30(20)4)28(34)31(14)21)19(29)11(2)25(36-6)23(16)33/h14-15,20-21,33H,9-10H2,1-8H3/t14-,15-,20+,21?/m0/s1. The van der Waals surface area contributed by atoms with Gasteiger partial charge in [0.05, 0.1) is 52.1 Å². The van der Waals surface area contributed by atoms with Crippen molar-refractivity contribution in [2.75, 3.05) is 35.5 Å². The van der Waals surface area contributed by atoms with Crippen molar-refractivity contribution in [3.8, 4) is 28.7 Å². The number of amides is 1. The number of halogens is 1. The largest absolute Gasteiger partial charge is 0.504 e. The molecule has 0 saturated carbocycles. The molecule has 0 aromatic heterocycles. The van der Waals surface area contributed by atoms with Gasteiger partial charge in [-0.25, -0.2) is 0 Å². The summed E-state index contributed by atoms with van der Waals surface area (Å²) in [4.78, 5) is 32.5. The number of piperazine rings is 1. The van der Waals surface area contributed by atoms with Crippen LogP contribution in [0.4, 0.5) is 0 Å². The van der Waals surface area contributed by atoms with Crippen LogP contribution in [0.25, 0.3) is 0 Å². The van der Waals surface area contributed by atoms with Crippen LogP contribution >= 0.6 is 15.9 Å². The molecule has 9 nitrogen and oxygen atoms in total. The molecule has 0 radical (unpaired) electrons. The van der Waals surface area contributed by atoms with Gasteiger partial charge in [0.15, 0.2) is 28.8 Å². The summed E-state index contributed by atoms with van der Waals surface area (Å²) >= 11 is 3.69. The minimum atomic E-state index is -0.892. The summed E-state index contributed by atoms with van der Waals surface area (Å²) in [6, 6.07) is -2.45. The molecule has 1 saturated heterocycles. The number of ether oxygens (including phenoxy) is 4. The van der Waals surface area contributed by atoms with Crippen molar-refractivity contribution < 1.29 is 33.6 Å². The van der Waals surface area contributed by atoms with Gasteiger partial charge >= 0.3 is 0 Å². The number of carbonyl (C=O) groups excluding carboxylic acids is 2. The van der Waals surface area contributed by atoms with E-state index < -0.39 is 24.2 Å². The summed E-state index contributed by atoms with van der Waals surface area (Å²) in [7, 11) is 7.96. The molecule has 0 aliphatic carbocycles. The second kappa shape index (κ2) is 9.34. The third kappa shape index (κ3) is 3.19. The first-order chi connectivity index (χ1) is 18.1. The monoisotopic (exact) mass is 588 g/mol. The van der Waals surface area contributed by atoms with Gasteiger partial charge in [-0.2, -0.15) is 0 Å². The van der Waals surface area contributed by atoms with Gasteiger partial charge in [-0.1, -0.05) is 22.9 Å². The number of ketones is 1. The van der Waals surface area contributed by atoms with Crippen LogP contribution in [0.5, 0.6) is 28.7 Å². The molecule has 10 heteroatoms. The second-order valence-electron chi connectivity index (χ2n) is 10.0. The van der Waals surface area contributed by atoms with Gasteiger partial charge in [0.25, 0.3) is 0 Å². The van der Waals surface area contributed by atoms with E-state index in [0.29, 0.717) is 58.1 Å². The number of likely N-dealkylation sites (N-methyl/N-ethyl adjacent to an activating group) is 1. The average molecular weight is 589 g/mol. The molecule has 1 N–H and O–H groups in total. The van der Waals surface area contributed by atoms with Crippen LogP contribution < -0.4 is 18.9 Å². The number of fused-ring (bicyclic) bond motifs is 7. The molecular weight excluding hydrogens is 556 g/mol. The van der Waals surface area contributed by atoms with Crippen LogP contribution in [-0.4, -0.2) is 74.2 Å². The summed E-state index contributed by atoms with van der Waals surface area (Å²) in [6.07, 6.45) is 0.926. The molecule has 1 amide bonds. The van der Waals surface area contributed by atoms with E-state index in [1.54, 1.807) is 12.0 Å². The molecule has 5 rings (SSSR count). The summed E-state index contributed by atoms with van der Waals surface area (Å²) in [5, 5.41) is 11.5. The topological polar surface area (TPSA) is 97.8 Å². The van der Waals surface area contributed by atoms with E-state index in [4.69, 9.17) is 18.9 Å². The molecule has 38 heavy (non-hydrogen) atoms. The first-order valence-corrected chi connectivity index (χ1v) is 13.4. The molecule has 2 aromatic rings. The maximum atomic E-state index is 14.6. The smallest absolute Gasteiger partial charge is 0.241 e. The number of hydrogen-bond acceptors (Lipinski definition) is 8. The van der Waals surface area contributed by atoms with E-state index in [-0.39, 0.29) is 17.4 Å². The number of phenols is 1. The molecule has 2 bridgehead atoms. The molecule has 3 heterocycles. The number of benzene rings is 2. The number of aromatic hydroxyl groups is 1. The Morgan fingerprint density at radius 1 is 0.895 bits per heavy atom. The van der Waals surface area contributed by atoms with E-state index in [2.05, 4.69) is 15.9 Å². The highest BCUT2D eigenvalue weighted by Gasteiger charge is 2.59. The molecule has 1 fully saturated rings. The first kappa shape index (κ1) is 26.6. The Labute approximate surface area is 230 Å². The van der Waals surface area contributed by atoms with E-state index in [1.807, 2.05) is 32.7 Å². The molecule has 3 aliphatic heterocycles. The number of nitrogens with zero attached hydrogens (tertiary/aromatic N) is 2. The number of hydrogen-bond donors (Lipinski definition) is 1. The zero-order valence-corrected chi connectivity index (χ0v) is 24.5. The van der Waals surface area contributed by atoms with Crippen molar-refractivity contribution in [2.24, 2.45) is 0 Å². The van der Waals surface area contributed by atoms with E-state index in [0.717, 1.165) is 15.6 Å². The lowest BCUT2D eigenvalue weighted by atomic mass is 9.72. The highest BCUT2D eigenvalue weighted by molar-refractivity contribution is 9.10. The van der Waals surface area contributed by atoms with Crippen LogP contribution in [0.1, 0.15) is 63.6 Å². The Morgan fingerprint density at radius 3 is 2.05 bits per heavy atom. The van der Waals surface area contributed by atoms with Crippen molar-refractivity contribution in [1.82, 2.24) is 9.80 Å². The lowest BCUT2D eigenvalue weighted by Crippen LogP contribution is -2.68. The fraction of sp³-hybridized carbons (Fsp3) is 0.500. The number of methoxy groups -OCH3 is 4. The van der Waals surface area contributed by atoms with Crippen LogP contribution in [0.2, 0.25) is 0 Å². The maximum absolute atomic E-state index is 14.6. The van der Waals surface area contributed by atoms with Gasteiger partial charge in [-0.05, 0) is 39.3 Å². The molecule has 4 atom stereocenters. The third-order valence-corrected chi connectivity index (χ3v) is 9.58. The predicted molar refractivity (Wildman–Crippen MR) is 144 cm³/mol. The zero-order valence-electron chi connectivity index (χ0n) is 22.9. The summed E-state index contributed by atoms with van der Waals surface area (Å²) in [5.41, 5.74) is 3.80. The zero-order chi connectivity index (χ0) is 27.8. The number of Topliss-reactive ketones (excluding diaryl/α,β-unsaturated/α-hetero) is 1. The molecule has 204 valence electrons. The first-order valence-electron chi connectivity index (χ1n) is 12.6. The van der Waals surface area contributed by atoms with Gasteiger partial charge in [-0.15, -0.1) is 0 Å². The molecule has 1 unspecified atom stereocenters. The molecule has 2 aromatic carbocycles. The van der Waals surface area contributed by atoms with E-state index >= 15 is 0 Å². The number of carbonyl (C=O) groups is 2. The Balaban J connectivity index is 1.86. The second-order valence-corrected chi connectivity index (χ2v) is 10.8. The maximum Gasteiger partial charge on any atom is 0.241 e. The van der Waals surface area contributed by atoms with Crippen LogP contribution in [-0.2, 0) is 11.2 Å². The highest BCUT2D eigenvalue weighted by Crippen LogP contribution is 2.58. The van der Waals surface area contributed by atoms with Gasteiger partial charge in [0.2, 0.25) is 5.91 Å². The van der Waals surface area contributed by atoms with Gasteiger partial charge in [0, 0.05) is 26.7 Å². The quantitative estimate of drug-likeness (QED) is 0.553. The van der Waals surface area contributed by atoms with E-state index in [9.17, 15) is 14.7 Å². The van der Waals surface area contributed by atoms with Crippen LogP contribution in [0, 0.1) is 13.8 Å². The Morgan fingerprint density at radius 2 is 1.50 bits per heavy atom. The van der Waals surface area contributed by atoms with Crippen molar-refractivity contribution in [3.63, 3.8) is 0 Å². The lowest BCUT2D eigenvalue weighted by molar-refractivity contribution is -0.153. The minimum absolute atomic E-state index is 0.00472. The van der Waals surface area contributed by atoms with Crippen LogP contribution in [0.15, 0.2) is 4.47 Å². The third-order valence-electron chi connectivity index (χ3n) is 8.51. The normalized spacial score (nSPS) is 24.0. The minimum Gasteiger partial charge on any atom is -0.504 e.